The van der Waals surface area contributed by atoms with Gasteiger partial charge in [0, 0.05) is 0 Å². The summed E-state index contributed by atoms with van der Waals surface area (Å²) in [6.45, 7) is 0. The van der Waals surface area contributed by atoms with Crippen LogP contribution in [0.1, 0.15) is 23.7 Å². The summed E-state index contributed by atoms with van der Waals surface area (Å²) < 4.78 is 50.7. The molecule has 0 fully saturated rings. The van der Waals surface area contributed by atoms with Crippen LogP contribution in [0.5, 0.6) is 0 Å². The molecular weight excluding hydrogens is 272 g/mol. The fraction of sp³-hybridized carbons (Fsp3) is 0.364. The molecule has 0 aliphatic rings. The van der Waals surface area contributed by atoms with E-state index < -0.39 is 47.7 Å². The molecule has 0 aliphatic carbocycles. The number of halogens is 4. The van der Waals surface area contributed by atoms with Crippen LogP contribution in [0.4, 0.5) is 17.6 Å². The summed E-state index contributed by atoms with van der Waals surface area (Å²) in [5, 5.41) is 27.2. The number of aliphatic hydroxyl groups is 2. The van der Waals surface area contributed by atoms with Gasteiger partial charge in [-0.1, -0.05) is 6.07 Å². The van der Waals surface area contributed by atoms with Gasteiger partial charge in [0.2, 0.25) is 0 Å². The predicted octanol–water partition coefficient (Wildman–Crippen LogP) is 1.71. The number of rotatable bonds is 4. The number of alkyl halides is 3. The van der Waals surface area contributed by atoms with Crippen LogP contribution in [0.25, 0.3) is 0 Å². The van der Waals surface area contributed by atoms with E-state index in [4.69, 9.17) is 5.11 Å². The monoisotopic (exact) mass is 282 g/mol. The standard InChI is InChI=1S/C11H10F4O4/c12-5-1-2-6(7(3-5)11(13,14)15)10(19)8(16)4-9(17)18/h1-3,8,10,16,19H,4H2,(H,17,18). The first kappa shape index (κ1) is 15.4. The first-order valence-electron chi connectivity index (χ1n) is 5.07. The summed E-state index contributed by atoms with van der Waals surface area (Å²) >= 11 is 0. The molecular formula is C11H10F4O4. The van der Waals surface area contributed by atoms with Crippen molar-refractivity contribution in [3.05, 3.63) is 35.1 Å². The van der Waals surface area contributed by atoms with E-state index in [1.165, 1.54) is 0 Å². The quantitative estimate of drug-likeness (QED) is 0.735. The molecule has 4 nitrogen and oxygen atoms in total. The van der Waals surface area contributed by atoms with Crippen LogP contribution in [-0.4, -0.2) is 27.4 Å². The number of carboxylic acids is 1. The normalized spacial score (nSPS) is 15.1. The molecule has 0 bridgehead atoms. The van der Waals surface area contributed by atoms with Crippen molar-refractivity contribution in [1.29, 1.82) is 0 Å². The Kier molecular flexibility index (Phi) is 4.48. The summed E-state index contributed by atoms with van der Waals surface area (Å²) in [5.74, 6) is -2.64. The average molecular weight is 282 g/mol. The van der Waals surface area contributed by atoms with Crippen molar-refractivity contribution in [2.75, 3.05) is 0 Å². The van der Waals surface area contributed by atoms with E-state index in [9.17, 15) is 32.6 Å². The summed E-state index contributed by atoms with van der Waals surface area (Å²) in [7, 11) is 0. The fourth-order valence-electron chi connectivity index (χ4n) is 1.53. The van der Waals surface area contributed by atoms with Gasteiger partial charge in [-0.15, -0.1) is 0 Å². The molecule has 8 heteroatoms. The molecule has 0 amide bonds. The van der Waals surface area contributed by atoms with Crippen molar-refractivity contribution in [3.63, 3.8) is 0 Å². The van der Waals surface area contributed by atoms with Gasteiger partial charge in [-0.3, -0.25) is 4.79 Å². The summed E-state index contributed by atoms with van der Waals surface area (Å²) in [6, 6.07) is 1.52. The first-order chi connectivity index (χ1) is 8.62. The highest BCUT2D eigenvalue weighted by molar-refractivity contribution is 5.67. The Labute approximate surface area is 104 Å². The third-order valence-electron chi connectivity index (χ3n) is 2.39. The fourth-order valence-corrected chi connectivity index (χ4v) is 1.53. The second-order valence-electron chi connectivity index (χ2n) is 3.84. The SMILES string of the molecule is O=C(O)CC(O)C(O)c1ccc(F)cc1C(F)(F)F. The lowest BCUT2D eigenvalue weighted by Crippen LogP contribution is -2.24. The minimum Gasteiger partial charge on any atom is -0.481 e. The lowest BCUT2D eigenvalue weighted by molar-refractivity contribution is -0.142. The van der Waals surface area contributed by atoms with Crippen molar-refractivity contribution >= 4 is 5.97 Å². The Morgan fingerprint density at radius 2 is 1.84 bits per heavy atom. The summed E-state index contributed by atoms with van der Waals surface area (Å²) in [6.07, 6.45) is -9.87. The zero-order valence-corrected chi connectivity index (χ0v) is 9.36. The Balaban J connectivity index is 3.16. The Bertz CT molecular complexity index is 472. The topological polar surface area (TPSA) is 77.8 Å². The van der Waals surface area contributed by atoms with Crippen LogP contribution in [-0.2, 0) is 11.0 Å². The highest BCUT2D eigenvalue weighted by Gasteiger charge is 2.37. The second-order valence-corrected chi connectivity index (χ2v) is 3.84. The molecule has 3 N–H and O–H groups in total. The molecule has 1 aromatic carbocycles. The molecule has 1 aromatic rings. The number of carboxylic acid groups (broad SMARTS) is 1. The second kappa shape index (κ2) is 5.54. The zero-order chi connectivity index (χ0) is 14.8. The number of hydrogen-bond acceptors (Lipinski definition) is 3. The van der Waals surface area contributed by atoms with Gasteiger partial charge in [0.1, 0.15) is 11.9 Å². The van der Waals surface area contributed by atoms with Crippen LogP contribution in [0.2, 0.25) is 0 Å². The molecule has 0 spiro atoms. The van der Waals surface area contributed by atoms with Gasteiger partial charge in [0.05, 0.1) is 18.1 Å². The van der Waals surface area contributed by atoms with Gasteiger partial charge in [-0.25, -0.2) is 4.39 Å². The molecule has 19 heavy (non-hydrogen) atoms. The molecule has 0 saturated carbocycles. The molecule has 2 unspecified atom stereocenters. The van der Waals surface area contributed by atoms with Crippen molar-refractivity contribution in [1.82, 2.24) is 0 Å². The van der Waals surface area contributed by atoms with Gasteiger partial charge >= 0.3 is 12.1 Å². The number of hydrogen-bond donors (Lipinski definition) is 3. The number of benzene rings is 1. The van der Waals surface area contributed by atoms with E-state index in [0.29, 0.717) is 12.1 Å². The van der Waals surface area contributed by atoms with Crippen LogP contribution in [0.15, 0.2) is 18.2 Å². The van der Waals surface area contributed by atoms with Gasteiger partial charge in [-0.2, -0.15) is 13.2 Å². The van der Waals surface area contributed by atoms with Crippen LogP contribution in [0, 0.1) is 5.82 Å². The van der Waals surface area contributed by atoms with Crippen LogP contribution >= 0.6 is 0 Å². The van der Waals surface area contributed by atoms with Gasteiger partial charge in [-0.05, 0) is 17.7 Å². The first-order valence-corrected chi connectivity index (χ1v) is 5.07. The van der Waals surface area contributed by atoms with Crippen LogP contribution in [0.3, 0.4) is 0 Å². The Morgan fingerprint density at radius 1 is 1.26 bits per heavy atom. The molecule has 0 aliphatic heterocycles. The van der Waals surface area contributed by atoms with Gasteiger partial charge < -0.3 is 15.3 Å². The molecule has 2 atom stereocenters. The lowest BCUT2D eigenvalue weighted by atomic mass is 9.96. The Hall–Kier alpha value is -1.67. The molecule has 106 valence electrons. The molecule has 0 saturated heterocycles. The molecule has 0 radical (unpaired) electrons. The largest absolute Gasteiger partial charge is 0.481 e. The third kappa shape index (κ3) is 3.90. The van der Waals surface area contributed by atoms with E-state index in [1.807, 2.05) is 0 Å². The zero-order valence-electron chi connectivity index (χ0n) is 9.36. The van der Waals surface area contributed by atoms with Crippen molar-refractivity contribution < 1.29 is 37.7 Å². The van der Waals surface area contributed by atoms with E-state index in [-0.39, 0.29) is 6.07 Å². The minimum atomic E-state index is -4.93. The van der Waals surface area contributed by atoms with Gasteiger partial charge in [0.25, 0.3) is 0 Å². The van der Waals surface area contributed by atoms with Crippen LogP contribution < -0.4 is 0 Å². The average Bonchev–Trinajstić information content (AvgIpc) is 2.25. The van der Waals surface area contributed by atoms with Crippen molar-refractivity contribution in [3.8, 4) is 0 Å². The molecule has 1 rings (SSSR count). The highest BCUT2D eigenvalue weighted by atomic mass is 19.4. The Morgan fingerprint density at radius 3 is 2.32 bits per heavy atom. The maximum atomic E-state index is 12.8. The number of carbonyl (C=O) groups is 1. The lowest BCUT2D eigenvalue weighted by Gasteiger charge is -2.20. The summed E-state index contributed by atoms with van der Waals surface area (Å²) in [4.78, 5) is 10.3. The summed E-state index contributed by atoms with van der Waals surface area (Å²) in [5.41, 5.74) is -2.23. The molecule has 0 aromatic heterocycles. The van der Waals surface area contributed by atoms with Crippen molar-refractivity contribution in [2.45, 2.75) is 24.8 Å². The number of aliphatic carboxylic acids is 1. The number of aliphatic hydroxyl groups excluding tert-OH is 2. The minimum absolute atomic E-state index is 0.173. The smallest absolute Gasteiger partial charge is 0.416 e. The van der Waals surface area contributed by atoms with Gasteiger partial charge in [0.15, 0.2) is 0 Å². The molecule has 0 heterocycles. The van der Waals surface area contributed by atoms with E-state index >= 15 is 0 Å². The van der Waals surface area contributed by atoms with Crippen molar-refractivity contribution in [2.24, 2.45) is 0 Å². The van der Waals surface area contributed by atoms with E-state index in [1.54, 1.807) is 0 Å². The highest BCUT2D eigenvalue weighted by Crippen LogP contribution is 2.36. The maximum absolute atomic E-state index is 12.8. The van der Waals surface area contributed by atoms with E-state index in [0.717, 1.165) is 0 Å². The predicted molar refractivity (Wildman–Crippen MR) is 54.6 cm³/mol. The third-order valence-corrected chi connectivity index (χ3v) is 2.39. The maximum Gasteiger partial charge on any atom is 0.416 e. The van der Waals surface area contributed by atoms with E-state index in [2.05, 4.69) is 0 Å².